The highest BCUT2D eigenvalue weighted by Gasteiger charge is 2.35. The zero-order chi connectivity index (χ0) is 13.0. The van der Waals surface area contributed by atoms with Gasteiger partial charge in [0, 0.05) is 23.0 Å². The number of thiol groups is 4. The van der Waals surface area contributed by atoms with E-state index in [1.807, 2.05) is 0 Å². The van der Waals surface area contributed by atoms with Gasteiger partial charge in [-0.3, -0.25) is 0 Å². The maximum Gasteiger partial charge on any atom is 0.412 e. The molecule has 0 radical (unpaired) electrons. The lowest BCUT2D eigenvalue weighted by atomic mass is 10.7. The molecule has 0 amide bonds. The maximum atomic E-state index is 5.44. The summed E-state index contributed by atoms with van der Waals surface area (Å²) in [5.74, 6) is 2.17. The van der Waals surface area contributed by atoms with Crippen molar-refractivity contribution in [2.45, 2.75) is 6.16 Å². The fourth-order valence-corrected chi connectivity index (χ4v) is 1.30. The van der Waals surface area contributed by atoms with Crippen LogP contribution in [0, 0.1) is 0 Å². The molecule has 0 aromatic heterocycles. The highest BCUT2D eigenvalue weighted by Crippen LogP contribution is 2.18. The van der Waals surface area contributed by atoms with E-state index in [0.29, 0.717) is 49.4 Å². The van der Waals surface area contributed by atoms with E-state index >= 15 is 0 Å². The van der Waals surface area contributed by atoms with Gasteiger partial charge in [-0.15, -0.1) is 0 Å². The summed E-state index contributed by atoms with van der Waals surface area (Å²) in [5.41, 5.74) is 0. The molecule has 0 aliphatic heterocycles. The van der Waals surface area contributed by atoms with Crippen molar-refractivity contribution in [2.24, 2.45) is 0 Å². The Balaban J connectivity index is 4.39. The van der Waals surface area contributed by atoms with Crippen LogP contribution in [0.15, 0.2) is 0 Å². The van der Waals surface area contributed by atoms with E-state index in [1.54, 1.807) is 0 Å². The normalized spacial score (nSPS) is 12.0. The lowest BCUT2D eigenvalue weighted by Crippen LogP contribution is -2.44. The predicted molar refractivity (Wildman–Crippen MR) is 82.0 cm³/mol. The van der Waals surface area contributed by atoms with E-state index in [4.69, 9.17) is 18.9 Å². The molecule has 0 bridgehead atoms. The minimum atomic E-state index is -1.49. The molecule has 4 nitrogen and oxygen atoms in total. The van der Waals surface area contributed by atoms with Crippen molar-refractivity contribution < 1.29 is 18.9 Å². The average molecular weight is 321 g/mol. The highest BCUT2D eigenvalue weighted by atomic mass is 32.1. The largest absolute Gasteiger partial charge is 0.412 e. The Morgan fingerprint density at radius 2 is 0.765 bits per heavy atom. The highest BCUT2D eigenvalue weighted by molar-refractivity contribution is 7.80. The Morgan fingerprint density at radius 1 is 0.529 bits per heavy atom. The Labute approximate surface area is 125 Å². The van der Waals surface area contributed by atoms with Crippen LogP contribution in [0.25, 0.3) is 0 Å². The summed E-state index contributed by atoms with van der Waals surface area (Å²) in [6.07, 6.45) is -1.49. The molecule has 17 heavy (non-hydrogen) atoms. The summed E-state index contributed by atoms with van der Waals surface area (Å²) in [4.78, 5) is 0. The first-order chi connectivity index (χ1) is 8.24. The molecule has 0 rings (SSSR count). The molecule has 0 aliphatic rings. The number of ether oxygens (including phenoxy) is 4. The van der Waals surface area contributed by atoms with Gasteiger partial charge < -0.3 is 18.9 Å². The third-order valence-electron chi connectivity index (χ3n) is 1.48. The van der Waals surface area contributed by atoms with Crippen molar-refractivity contribution in [3.8, 4) is 0 Å². The molecular formula is C9H20O4S4. The van der Waals surface area contributed by atoms with E-state index in [1.165, 1.54) is 0 Å². The zero-order valence-corrected chi connectivity index (χ0v) is 13.2. The second kappa shape index (κ2) is 12.3. The quantitative estimate of drug-likeness (QED) is 0.324. The Morgan fingerprint density at radius 3 is 0.941 bits per heavy atom. The van der Waals surface area contributed by atoms with E-state index in [-0.39, 0.29) is 0 Å². The Bertz CT molecular complexity index is 136. The topological polar surface area (TPSA) is 36.9 Å². The minimum absolute atomic E-state index is 0.356. The molecule has 0 saturated heterocycles. The Kier molecular flexibility index (Phi) is 13.2. The Hall–Kier alpha value is 1.24. The molecule has 0 aromatic rings. The summed E-state index contributed by atoms with van der Waals surface area (Å²) in [7, 11) is 0. The molecule has 0 spiro atoms. The number of rotatable bonds is 12. The van der Waals surface area contributed by atoms with Crippen LogP contribution in [-0.2, 0) is 18.9 Å². The van der Waals surface area contributed by atoms with Crippen molar-refractivity contribution in [3.05, 3.63) is 0 Å². The van der Waals surface area contributed by atoms with Gasteiger partial charge in [-0.2, -0.15) is 50.5 Å². The molecule has 0 atom stereocenters. The predicted octanol–water partition coefficient (Wildman–Crippen LogP) is 1.38. The van der Waals surface area contributed by atoms with Gasteiger partial charge in [0.1, 0.15) is 0 Å². The van der Waals surface area contributed by atoms with Crippen LogP contribution < -0.4 is 0 Å². The summed E-state index contributed by atoms with van der Waals surface area (Å²) in [5, 5.41) is 0. The first-order valence-electron chi connectivity index (χ1n) is 5.24. The first-order valence-corrected chi connectivity index (χ1v) is 7.77. The van der Waals surface area contributed by atoms with Crippen molar-refractivity contribution in [1.29, 1.82) is 0 Å². The van der Waals surface area contributed by atoms with Crippen molar-refractivity contribution in [3.63, 3.8) is 0 Å². The fraction of sp³-hybridized carbons (Fsp3) is 1.00. The summed E-state index contributed by atoms with van der Waals surface area (Å²) >= 11 is 16.3. The van der Waals surface area contributed by atoms with Crippen LogP contribution in [0.5, 0.6) is 0 Å². The van der Waals surface area contributed by atoms with Crippen LogP contribution >= 0.6 is 50.5 Å². The van der Waals surface area contributed by atoms with Crippen molar-refractivity contribution >= 4 is 50.5 Å². The van der Waals surface area contributed by atoms with E-state index < -0.39 is 6.16 Å². The van der Waals surface area contributed by atoms with Crippen LogP contribution in [0.1, 0.15) is 0 Å². The molecule has 0 fully saturated rings. The maximum absolute atomic E-state index is 5.44. The molecule has 0 aromatic carbocycles. The third kappa shape index (κ3) is 8.88. The van der Waals surface area contributed by atoms with Gasteiger partial charge in [0.2, 0.25) is 0 Å². The second-order valence-electron chi connectivity index (χ2n) is 2.79. The minimum Gasteiger partial charge on any atom is -0.302 e. The van der Waals surface area contributed by atoms with Gasteiger partial charge >= 0.3 is 6.16 Å². The van der Waals surface area contributed by atoms with Gasteiger partial charge in [0.05, 0.1) is 26.4 Å². The average Bonchev–Trinajstić information content (AvgIpc) is 2.37. The van der Waals surface area contributed by atoms with Gasteiger partial charge in [-0.05, 0) is 0 Å². The molecule has 0 saturated carbocycles. The summed E-state index contributed by atoms with van der Waals surface area (Å²) in [6, 6.07) is 0. The first kappa shape index (κ1) is 18.2. The SMILES string of the molecule is SCCOC(OCCS)(OCCS)OCCS. The molecule has 8 heteroatoms. The van der Waals surface area contributed by atoms with Crippen LogP contribution in [0.3, 0.4) is 0 Å². The third-order valence-corrected chi connectivity index (χ3v) is 2.21. The fourth-order valence-electron chi connectivity index (χ4n) is 0.933. The molecule has 0 heterocycles. The lowest BCUT2D eigenvalue weighted by Gasteiger charge is -2.31. The molecule has 0 unspecified atom stereocenters. The van der Waals surface area contributed by atoms with Gasteiger partial charge in [-0.25, -0.2) is 0 Å². The molecular weight excluding hydrogens is 300 g/mol. The monoisotopic (exact) mass is 320 g/mol. The van der Waals surface area contributed by atoms with Crippen LogP contribution in [0.4, 0.5) is 0 Å². The van der Waals surface area contributed by atoms with Crippen LogP contribution in [-0.4, -0.2) is 55.6 Å². The van der Waals surface area contributed by atoms with Gasteiger partial charge in [-0.1, -0.05) is 0 Å². The van der Waals surface area contributed by atoms with Crippen molar-refractivity contribution in [2.75, 3.05) is 49.4 Å². The van der Waals surface area contributed by atoms with Crippen LogP contribution in [0.2, 0.25) is 0 Å². The van der Waals surface area contributed by atoms with Gasteiger partial charge in [0.15, 0.2) is 0 Å². The van der Waals surface area contributed by atoms with Gasteiger partial charge in [0.25, 0.3) is 0 Å². The smallest absolute Gasteiger partial charge is 0.302 e. The summed E-state index contributed by atoms with van der Waals surface area (Å²) in [6.45, 7) is 1.42. The lowest BCUT2D eigenvalue weighted by molar-refractivity contribution is -0.494. The zero-order valence-electron chi connectivity index (χ0n) is 9.58. The van der Waals surface area contributed by atoms with E-state index in [2.05, 4.69) is 50.5 Å². The number of hydrogen-bond donors (Lipinski definition) is 4. The van der Waals surface area contributed by atoms with Crippen molar-refractivity contribution in [1.82, 2.24) is 0 Å². The number of hydrogen-bond acceptors (Lipinski definition) is 8. The second-order valence-corrected chi connectivity index (χ2v) is 4.58. The summed E-state index contributed by atoms with van der Waals surface area (Å²) < 4.78 is 21.8. The standard InChI is InChI=1S/C9H20O4S4/c14-5-1-10-9(11-2-6-15,12-3-7-16)13-4-8-17/h14-17H,1-8H2. The van der Waals surface area contributed by atoms with E-state index in [9.17, 15) is 0 Å². The van der Waals surface area contributed by atoms with E-state index in [0.717, 1.165) is 0 Å². The molecule has 0 N–H and O–H groups in total. The molecule has 0 aliphatic carbocycles. The molecule has 104 valence electrons.